The number of thioether (sulfide) groups is 1. The normalized spacial score (nSPS) is 11.6. The molecule has 1 aromatic heterocycles. The highest BCUT2D eigenvalue weighted by atomic mass is 32.2. The zero-order valence-corrected chi connectivity index (χ0v) is 16.0. The molecule has 0 radical (unpaired) electrons. The number of nitrogens with zero attached hydrogens (tertiary/aromatic N) is 2. The number of imide groups is 1. The number of anilines is 2. The summed E-state index contributed by atoms with van der Waals surface area (Å²) in [5.74, 6) is -0.262. The molecule has 3 N–H and O–H groups in total. The Balaban J connectivity index is 1.78. The number of benzene rings is 1. The maximum atomic E-state index is 11.8. The Hall–Kier alpha value is -2.13. The molecule has 3 amide bonds. The number of aryl methyl sites for hydroxylation is 1. The van der Waals surface area contributed by atoms with E-state index in [1.54, 1.807) is 0 Å². The average molecular weight is 380 g/mol. The summed E-state index contributed by atoms with van der Waals surface area (Å²) in [6.45, 7) is 5.86. The van der Waals surface area contributed by atoms with Crippen LogP contribution >= 0.6 is 23.1 Å². The minimum Gasteiger partial charge on any atom is -0.335 e. The first-order valence-electron chi connectivity index (χ1n) is 7.86. The summed E-state index contributed by atoms with van der Waals surface area (Å²) in [5, 5.41) is 16.9. The first kappa shape index (κ1) is 19.2. The third kappa shape index (κ3) is 6.71. The number of aromatic nitrogens is 2. The monoisotopic (exact) mass is 379 g/mol. The first-order chi connectivity index (χ1) is 12.0. The summed E-state index contributed by atoms with van der Waals surface area (Å²) >= 11 is 2.60. The Morgan fingerprint density at radius 2 is 1.96 bits per heavy atom. The van der Waals surface area contributed by atoms with Gasteiger partial charge in [-0.25, -0.2) is 4.79 Å². The molecule has 0 saturated heterocycles. The van der Waals surface area contributed by atoms with E-state index >= 15 is 0 Å². The van der Waals surface area contributed by atoms with Crippen LogP contribution in [0.5, 0.6) is 0 Å². The Bertz CT molecular complexity index is 718. The lowest BCUT2D eigenvalue weighted by Crippen LogP contribution is -2.43. The summed E-state index contributed by atoms with van der Waals surface area (Å²) in [6, 6.07) is 7.50. The van der Waals surface area contributed by atoms with Crippen LogP contribution in [-0.4, -0.2) is 33.9 Å². The Labute approximate surface area is 155 Å². The molecule has 0 bridgehead atoms. The van der Waals surface area contributed by atoms with E-state index in [0.717, 1.165) is 12.1 Å². The maximum Gasteiger partial charge on any atom is 0.321 e. The predicted octanol–water partition coefficient (Wildman–Crippen LogP) is 3.31. The Morgan fingerprint density at radius 3 is 2.64 bits per heavy atom. The van der Waals surface area contributed by atoms with Gasteiger partial charge in [0.15, 0.2) is 4.34 Å². The van der Waals surface area contributed by atoms with Gasteiger partial charge in [-0.2, -0.15) is 0 Å². The second-order valence-electron chi connectivity index (χ2n) is 5.48. The fraction of sp³-hybridized carbons (Fsp3) is 0.375. The largest absolute Gasteiger partial charge is 0.335 e. The zero-order valence-electron chi connectivity index (χ0n) is 14.3. The van der Waals surface area contributed by atoms with E-state index in [1.807, 2.05) is 45.0 Å². The standard InChI is InChI=1S/C16H21N5O2S2/c1-4-11(3)17-14(23)19-13(22)9-24-16-21-20-15(25-16)18-12-7-5-10(2)6-8-12/h5-8,11H,4,9H2,1-3H3,(H,18,20)(H2,17,19,22,23). The minimum atomic E-state index is -0.473. The molecular formula is C16H21N5O2S2. The summed E-state index contributed by atoms with van der Waals surface area (Å²) < 4.78 is 0.659. The van der Waals surface area contributed by atoms with Gasteiger partial charge in [0, 0.05) is 11.7 Å². The molecule has 1 atom stereocenters. The highest BCUT2D eigenvalue weighted by molar-refractivity contribution is 8.01. The van der Waals surface area contributed by atoms with Crippen LogP contribution in [0.25, 0.3) is 0 Å². The second kappa shape index (κ2) is 9.38. The van der Waals surface area contributed by atoms with E-state index in [2.05, 4.69) is 26.1 Å². The molecule has 25 heavy (non-hydrogen) atoms. The molecule has 0 fully saturated rings. The Morgan fingerprint density at radius 1 is 1.24 bits per heavy atom. The molecule has 9 heteroatoms. The van der Waals surface area contributed by atoms with E-state index < -0.39 is 6.03 Å². The summed E-state index contributed by atoms with van der Waals surface area (Å²) in [6.07, 6.45) is 0.803. The average Bonchev–Trinajstić information content (AvgIpc) is 3.02. The van der Waals surface area contributed by atoms with Gasteiger partial charge < -0.3 is 10.6 Å². The van der Waals surface area contributed by atoms with Gasteiger partial charge in [-0.15, -0.1) is 10.2 Å². The van der Waals surface area contributed by atoms with Crippen molar-refractivity contribution in [1.82, 2.24) is 20.8 Å². The van der Waals surface area contributed by atoms with E-state index in [9.17, 15) is 9.59 Å². The zero-order chi connectivity index (χ0) is 18.2. The molecular weight excluding hydrogens is 358 g/mol. The molecule has 0 aliphatic carbocycles. The predicted molar refractivity (Wildman–Crippen MR) is 102 cm³/mol. The highest BCUT2D eigenvalue weighted by Gasteiger charge is 2.12. The van der Waals surface area contributed by atoms with E-state index in [1.165, 1.54) is 28.7 Å². The van der Waals surface area contributed by atoms with Crippen molar-refractivity contribution in [1.29, 1.82) is 0 Å². The summed E-state index contributed by atoms with van der Waals surface area (Å²) in [5.41, 5.74) is 2.11. The van der Waals surface area contributed by atoms with E-state index in [4.69, 9.17) is 0 Å². The van der Waals surface area contributed by atoms with Crippen LogP contribution in [0.4, 0.5) is 15.6 Å². The topological polar surface area (TPSA) is 96.0 Å². The van der Waals surface area contributed by atoms with Crippen molar-refractivity contribution in [3.63, 3.8) is 0 Å². The molecule has 1 aromatic carbocycles. The van der Waals surface area contributed by atoms with Crippen molar-refractivity contribution in [2.45, 2.75) is 37.6 Å². The number of rotatable bonds is 7. The van der Waals surface area contributed by atoms with Crippen molar-refractivity contribution >= 4 is 45.9 Å². The smallest absolute Gasteiger partial charge is 0.321 e. The fourth-order valence-electron chi connectivity index (χ4n) is 1.73. The fourth-order valence-corrected chi connectivity index (χ4v) is 3.30. The van der Waals surface area contributed by atoms with Crippen LogP contribution < -0.4 is 16.0 Å². The van der Waals surface area contributed by atoms with Gasteiger partial charge in [0.05, 0.1) is 5.75 Å². The number of hydrogen-bond donors (Lipinski definition) is 3. The maximum absolute atomic E-state index is 11.8. The Kier molecular flexibility index (Phi) is 7.20. The van der Waals surface area contributed by atoms with Gasteiger partial charge in [0.25, 0.3) is 0 Å². The van der Waals surface area contributed by atoms with Crippen LogP contribution in [-0.2, 0) is 4.79 Å². The van der Waals surface area contributed by atoms with Crippen molar-refractivity contribution in [2.24, 2.45) is 0 Å². The first-order valence-corrected chi connectivity index (χ1v) is 9.66. The number of carbonyl (C=O) groups excluding carboxylic acids is 2. The minimum absolute atomic E-state index is 0.0269. The highest BCUT2D eigenvalue weighted by Crippen LogP contribution is 2.27. The van der Waals surface area contributed by atoms with Gasteiger partial charge in [-0.3, -0.25) is 10.1 Å². The molecule has 1 unspecified atom stereocenters. The van der Waals surface area contributed by atoms with Gasteiger partial charge in [0.2, 0.25) is 11.0 Å². The quantitative estimate of drug-likeness (QED) is 0.639. The molecule has 0 saturated carbocycles. The van der Waals surface area contributed by atoms with Crippen molar-refractivity contribution in [3.8, 4) is 0 Å². The number of hydrogen-bond acceptors (Lipinski definition) is 7. The number of carbonyl (C=O) groups is 2. The molecule has 7 nitrogen and oxygen atoms in total. The molecule has 2 rings (SSSR count). The lowest BCUT2D eigenvalue weighted by Gasteiger charge is -2.11. The number of urea groups is 1. The van der Waals surface area contributed by atoms with Crippen molar-refractivity contribution in [3.05, 3.63) is 29.8 Å². The number of amides is 3. The summed E-state index contributed by atoms with van der Waals surface area (Å²) in [7, 11) is 0. The second-order valence-corrected chi connectivity index (χ2v) is 7.68. The van der Waals surface area contributed by atoms with Gasteiger partial charge >= 0.3 is 6.03 Å². The lowest BCUT2D eigenvalue weighted by atomic mass is 10.2. The van der Waals surface area contributed by atoms with Crippen LogP contribution in [0.1, 0.15) is 25.8 Å². The SMILES string of the molecule is CCC(C)NC(=O)NC(=O)CSc1nnc(Nc2ccc(C)cc2)s1. The van der Waals surface area contributed by atoms with Gasteiger partial charge in [-0.1, -0.05) is 47.7 Å². The van der Waals surface area contributed by atoms with E-state index in [-0.39, 0.29) is 17.7 Å². The third-order valence-corrected chi connectivity index (χ3v) is 5.25. The summed E-state index contributed by atoms with van der Waals surface area (Å²) in [4.78, 5) is 23.4. The lowest BCUT2D eigenvalue weighted by molar-refractivity contribution is -0.117. The molecule has 2 aromatic rings. The molecule has 1 heterocycles. The van der Waals surface area contributed by atoms with Crippen LogP contribution in [0.15, 0.2) is 28.6 Å². The van der Waals surface area contributed by atoms with Crippen molar-refractivity contribution in [2.75, 3.05) is 11.1 Å². The van der Waals surface area contributed by atoms with E-state index in [0.29, 0.717) is 9.47 Å². The third-order valence-electron chi connectivity index (χ3n) is 3.28. The molecule has 134 valence electrons. The van der Waals surface area contributed by atoms with Gasteiger partial charge in [-0.05, 0) is 32.4 Å². The van der Waals surface area contributed by atoms with Crippen LogP contribution in [0.3, 0.4) is 0 Å². The van der Waals surface area contributed by atoms with Crippen LogP contribution in [0, 0.1) is 6.92 Å². The molecule has 0 aliphatic heterocycles. The van der Waals surface area contributed by atoms with Crippen LogP contribution in [0.2, 0.25) is 0 Å². The molecule has 0 spiro atoms. The van der Waals surface area contributed by atoms with Gasteiger partial charge in [0.1, 0.15) is 0 Å². The van der Waals surface area contributed by atoms with Crippen molar-refractivity contribution < 1.29 is 9.59 Å². The number of nitrogens with one attached hydrogen (secondary N) is 3. The molecule has 0 aliphatic rings.